The highest BCUT2D eigenvalue weighted by molar-refractivity contribution is 6.07. The van der Waals surface area contributed by atoms with Gasteiger partial charge in [0, 0.05) is 12.6 Å². The molecule has 1 spiro atoms. The summed E-state index contributed by atoms with van der Waals surface area (Å²) < 4.78 is 5.34. The van der Waals surface area contributed by atoms with Gasteiger partial charge in [0.2, 0.25) is 5.91 Å². The SMILES string of the molecule is CNC1COCC1C(=O)N1CCC2(C1)NC(=O)NC2=O. The van der Waals surface area contributed by atoms with Crippen molar-refractivity contribution >= 4 is 17.8 Å². The normalized spacial score (nSPS) is 36.5. The summed E-state index contributed by atoms with van der Waals surface area (Å²) in [5.74, 6) is -0.589. The van der Waals surface area contributed by atoms with Gasteiger partial charge in [-0.3, -0.25) is 14.9 Å². The van der Waals surface area contributed by atoms with E-state index in [1.807, 2.05) is 0 Å². The first-order valence-corrected chi connectivity index (χ1v) is 6.73. The van der Waals surface area contributed by atoms with Gasteiger partial charge in [0.05, 0.1) is 25.7 Å². The zero-order valence-corrected chi connectivity index (χ0v) is 11.3. The molecule has 0 aromatic rings. The molecular weight excluding hydrogens is 264 g/mol. The number of carbonyl (C=O) groups excluding carboxylic acids is 3. The van der Waals surface area contributed by atoms with Crippen LogP contribution in [0.15, 0.2) is 0 Å². The fourth-order valence-electron chi connectivity index (χ4n) is 3.13. The summed E-state index contributed by atoms with van der Waals surface area (Å²) in [6.45, 7) is 1.62. The average Bonchev–Trinajstić information content (AvgIpc) is 3.09. The molecule has 0 saturated carbocycles. The van der Waals surface area contributed by atoms with E-state index < -0.39 is 11.6 Å². The lowest BCUT2D eigenvalue weighted by Gasteiger charge is -2.25. The Hall–Kier alpha value is -1.67. The highest BCUT2D eigenvalue weighted by Crippen LogP contribution is 2.27. The van der Waals surface area contributed by atoms with Gasteiger partial charge in [-0.1, -0.05) is 0 Å². The molecule has 3 N–H and O–H groups in total. The smallest absolute Gasteiger partial charge is 0.322 e. The molecule has 3 unspecified atom stereocenters. The number of amides is 4. The molecule has 3 heterocycles. The Labute approximate surface area is 116 Å². The van der Waals surface area contributed by atoms with Crippen LogP contribution in [0.1, 0.15) is 6.42 Å². The molecule has 0 aliphatic carbocycles. The molecule has 3 aliphatic rings. The van der Waals surface area contributed by atoms with E-state index in [9.17, 15) is 14.4 Å². The highest BCUT2D eigenvalue weighted by atomic mass is 16.5. The van der Waals surface area contributed by atoms with E-state index in [4.69, 9.17) is 4.74 Å². The minimum absolute atomic E-state index is 0.00560. The van der Waals surface area contributed by atoms with E-state index in [0.29, 0.717) is 26.2 Å². The fraction of sp³-hybridized carbons (Fsp3) is 0.750. The predicted octanol–water partition coefficient (Wildman–Crippen LogP) is -1.97. The van der Waals surface area contributed by atoms with Crippen molar-refractivity contribution in [2.24, 2.45) is 5.92 Å². The van der Waals surface area contributed by atoms with Crippen molar-refractivity contribution in [3.8, 4) is 0 Å². The lowest BCUT2D eigenvalue weighted by atomic mass is 9.99. The van der Waals surface area contributed by atoms with Crippen LogP contribution < -0.4 is 16.0 Å². The van der Waals surface area contributed by atoms with E-state index in [1.54, 1.807) is 11.9 Å². The van der Waals surface area contributed by atoms with E-state index in [1.165, 1.54) is 0 Å². The molecule has 3 fully saturated rings. The Balaban J connectivity index is 1.69. The van der Waals surface area contributed by atoms with Crippen molar-refractivity contribution in [3.05, 3.63) is 0 Å². The molecule has 0 radical (unpaired) electrons. The monoisotopic (exact) mass is 282 g/mol. The number of imide groups is 1. The minimum atomic E-state index is -0.943. The Morgan fingerprint density at radius 3 is 2.90 bits per heavy atom. The lowest BCUT2D eigenvalue weighted by Crippen LogP contribution is -2.51. The number of ether oxygens (including phenoxy) is 1. The molecular formula is C12H18N4O4. The fourth-order valence-corrected chi connectivity index (χ4v) is 3.13. The number of rotatable bonds is 2. The molecule has 110 valence electrons. The van der Waals surface area contributed by atoms with Gasteiger partial charge in [0.1, 0.15) is 5.54 Å². The van der Waals surface area contributed by atoms with Gasteiger partial charge in [-0.15, -0.1) is 0 Å². The summed E-state index contributed by atoms with van der Waals surface area (Å²) in [6, 6.07) is -0.479. The number of urea groups is 1. The number of likely N-dealkylation sites (N-methyl/N-ethyl adjacent to an activating group) is 1. The zero-order chi connectivity index (χ0) is 14.3. The number of nitrogens with one attached hydrogen (secondary N) is 3. The van der Waals surface area contributed by atoms with Crippen molar-refractivity contribution < 1.29 is 19.1 Å². The third-order valence-corrected chi connectivity index (χ3v) is 4.36. The molecule has 4 amide bonds. The molecule has 3 atom stereocenters. The van der Waals surface area contributed by atoms with Crippen LogP contribution in [0.3, 0.4) is 0 Å². The van der Waals surface area contributed by atoms with Gasteiger partial charge in [-0.2, -0.15) is 0 Å². The van der Waals surface area contributed by atoms with Gasteiger partial charge < -0.3 is 20.3 Å². The largest absolute Gasteiger partial charge is 0.379 e. The summed E-state index contributed by atoms with van der Waals surface area (Å²) in [5, 5.41) is 7.95. The van der Waals surface area contributed by atoms with Gasteiger partial charge >= 0.3 is 6.03 Å². The maximum Gasteiger partial charge on any atom is 0.322 e. The molecule has 3 rings (SSSR count). The molecule has 8 nitrogen and oxygen atoms in total. The van der Waals surface area contributed by atoms with Gasteiger partial charge in [0.25, 0.3) is 5.91 Å². The Bertz CT molecular complexity index is 468. The maximum atomic E-state index is 12.5. The summed E-state index contributed by atoms with van der Waals surface area (Å²) in [6.07, 6.45) is 0.452. The van der Waals surface area contributed by atoms with Crippen LogP contribution in [0.4, 0.5) is 4.79 Å². The number of nitrogens with zero attached hydrogens (tertiary/aromatic N) is 1. The average molecular weight is 282 g/mol. The van der Waals surface area contributed by atoms with Crippen LogP contribution >= 0.6 is 0 Å². The number of likely N-dealkylation sites (tertiary alicyclic amines) is 1. The summed E-state index contributed by atoms with van der Waals surface area (Å²) >= 11 is 0. The van der Waals surface area contributed by atoms with Gasteiger partial charge in [-0.05, 0) is 13.5 Å². The predicted molar refractivity (Wildman–Crippen MR) is 67.8 cm³/mol. The molecule has 3 saturated heterocycles. The van der Waals surface area contributed by atoms with Crippen molar-refractivity contribution in [1.82, 2.24) is 20.9 Å². The number of carbonyl (C=O) groups is 3. The molecule has 8 heteroatoms. The summed E-state index contributed by atoms with van der Waals surface area (Å²) in [4.78, 5) is 37.3. The van der Waals surface area contributed by atoms with Crippen LogP contribution in [-0.4, -0.2) is 67.7 Å². The third-order valence-electron chi connectivity index (χ3n) is 4.36. The van der Waals surface area contributed by atoms with Crippen molar-refractivity contribution in [2.45, 2.75) is 18.0 Å². The second-order valence-electron chi connectivity index (χ2n) is 5.54. The summed E-state index contributed by atoms with van der Waals surface area (Å²) in [7, 11) is 1.80. The van der Waals surface area contributed by atoms with Gasteiger partial charge in [-0.25, -0.2) is 4.79 Å². The highest BCUT2D eigenvalue weighted by Gasteiger charge is 2.52. The standard InChI is InChI=1S/C12H18N4O4/c1-13-8-5-20-4-7(8)9(17)16-3-2-12(6-16)10(18)14-11(19)15-12/h7-8,13H,2-6H2,1H3,(H2,14,15,18,19). The number of hydrogen-bond acceptors (Lipinski definition) is 5. The van der Waals surface area contributed by atoms with Crippen LogP contribution in [0.5, 0.6) is 0 Å². The first-order chi connectivity index (χ1) is 9.55. The number of hydrogen-bond donors (Lipinski definition) is 3. The Morgan fingerprint density at radius 1 is 1.45 bits per heavy atom. The second kappa shape index (κ2) is 4.71. The zero-order valence-electron chi connectivity index (χ0n) is 11.3. The van der Waals surface area contributed by atoms with Crippen molar-refractivity contribution in [2.75, 3.05) is 33.4 Å². The molecule has 0 aromatic heterocycles. The third kappa shape index (κ3) is 1.95. The molecule has 20 heavy (non-hydrogen) atoms. The molecule has 3 aliphatic heterocycles. The summed E-state index contributed by atoms with van der Waals surface area (Å²) in [5.41, 5.74) is -0.943. The Kier molecular flexibility index (Phi) is 3.14. The van der Waals surface area contributed by atoms with E-state index in [-0.39, 0.29) is 30.3 Å². The van der Waals surface area contributed by atoms with Crippen LogP contribution in [0, 0.1) is 5.92 Å². The van der Waals surface area contributed by atoms with E-state index in [2.05, 4.69) is 16.0 Å². The van der Waals surface area contributed by atoms with E-state index >= 15 is 0 Å². The maximum absolute atomic E-state index is 12.5. The first-order valence-electron chi connectivity index (χ1n) is 6.73. The van der Waals surface area contributed by atoms with E-state index in [0.717, 1.165) is 0 Å². The van der Waals surface area contributed by atoms with Crippen LogP contribution in [-0.2, 0) is 14.3 Å². The quantitative estimate of drug-likeness (QED) is 0.510. The molecule has 0 aromatic carbocycles. The molecule has 0 bridgehead atoms. The van der Waals surface area contributed by atoms with Gasteiger partial charge in [0.15, 0.2) is 0 Å². The topological polar surface area (TPSA) is 99.8 Å². The first kappa shape index (κ1) is 13.3. The lowest BCUT2D eigenvalue weighted by molar-refractivity contribution is -0.135. The second-order valence-corrected chi connectivity index (χ2v) is 5.54. The van der Waals surface area contributed by atoms with Crippen LogP contribution in [0.25, 0.3) is 0 Å². The van der Waals surface area contributed by atoms with Crippen molar-refractivity contribution in [3.63, 3.8) is 0 Å². The van der Waals surface area contributed by atoms with Crippen LogP contribution in [0.2, 0.25) is 0 Å². The minimum Gasteiger partial charge on any atom is -0.379 e. The van der Waals surface area contributed by atoms with Crippen molar-refractivity contribution in [1.29, 1.82) is 0 Å². The Morgan fingerprint density at radius 2 is 2.25 bits per heavy atom.